The van der Waals surface area contributed by atoms with Gasteiger partial charge < -0.3 is 19.5 Å². The van der Waals surface area contributed by atoms with Crippen molar-refractivity contribution in [3.8, 4) is 17.0 Å². The fraction of sp³-hybridized carbons (Fsp3) is 0.435. The van der Waals surface area contributed by atoms with Gasteiger partial charge in [-0.25, -0.2) is 22.7 Å². The molecule has 0 aliphatic carbocycles. The molecule has 180 valence electrons. The Balaban J connectivity index is 1.53. The van der Waals surface area contributed by atoms with E-state index in [4.69, 9.17) is 4.74 Å². The predicted octanol–water partition coefficient (Wildman–Crippen LogP) is 3.78. The van der Waals surface area contributed by atoms with E-state index >= 15 is 0 Å². The maximum atomic E-state index is 14.5. The zero-order valence-corrected chi connectivity index (χ0v) is 19.2. The molecule has 0 saturated carbocycles. The minimum atomic E-state index is -2.48. The first-order valence-corrected chi connectivity index (χ1v) is 11.1. The summed E-state index contributed by atoms with van der Waals surface area (Å²) in [5, 5.41) is 7.63. The van der Waals surface area contributed by atoms with Gasteiger partial charge in [0.15, 0.2) is 0 Å². The van der Waals surface area contributed by atoms with E-state index in [1.807, 2.05) is 36.2 Å². The van der Waals surface area contributed by atoms with Crippen LogP contribution in [0.4, 0.5) is 19.1 Å². The van der Waals surface area contributed by atoms with Crippen LogP contribution in [0.3, 0.4) is 0 Å². The van der Waals surface area contributed by atoms with Gasteiger partial charge in [-0.15, -0.1) is 5.10 Å². The number of methoxy groups -OCH3 is 1. The largest absolute Gasteiger partial charge is 0.479 e. The lowest BCUT2D eigenvalue weighted by molar-refractivity contribution is 0.127. The minimum absolute atomic E-state index is 0.282. The van der Waals surface area contributed by atoms with Crippen LogP contribution in [0.2, 0.25) is 0 Å². The Morgan fingerprint density at radius 1 is 1.24 bits per heavy atom. The Labute approximate surface area is 194 Å². The van der Waals surface area contributed by atoms with Crippen LogP contribution in [0.5, 0.6) is 5.88 Å². The highest BCUT2D eigenvalue weighted by atomic mass is 19.3. The maximum Gasteiger partial charge on any atom is 0.256 e. The lowest BCUT2D eigenvalue weighted by Gasteiger charge is -2.32. The van der Waals surface area contributed by atoms with E-state index in [0.717, 1.165) is 17.7 Å². The highest BCUT2D eigenvalue weighted by Crippen LogP contribution is 2.33. The highest BCUT2D eigenvalue weighted by Gasteiger charge is 2.28. The van der Waals surface area contributed by atoms with Crippen molar-refractivity contribution in [3.63, 3.8) is 0 Å². The van der Waals surface area contributed by atoms with Crippen molar-refractivity contribution in [2.24, 2.45) is 0 Å². The van der Waals surface area contributed by atoms with Crippen LogP contribution in [-0.4, -0.2) is 74.9 Å². The van der Waals surface area contributed by atoms with Crippen molar-refractivity contribution in [1.82, 2.24) is 29.0 Å². The highest BCUT2D eigenvalue weighted by molar-refractivity contribution is 5.89. The topological polar surface area (TPSA) is 72.5 Å². The Morgan fingerprint density at radius 2 is 2.06 bits per heavy atom. The summed E-state index contributed by atoms with van der Waals surface area (Å²) < 4.78 is 49.4. The van der Waals surface area contributed by atoms with Crippen molar-refractivity contribution >= 4 is 22.5 Å². The summed E-state index contributed by atoms with van der Waals surface area (Å²) in [5.41, 5.74) is 3.50. The van der Waals surface area contributed by atoms with Gasteiger partial charge in [-0.05, 0) is 44.2 Å². The van der Waals surface area contributed by atoms with Crippen molar-refractivity contribution in [2.45, 2.75) is 38.5 Å². The van der Waals surface area contributed by atoms with Gasteiger partial charge in [0.05, 0.1) is 30.7 Å². The molecule has 2 atom stereocenters. The maximum absolute atomic E-state index is 14.5. The molecule has 3 aromatic heterocycles. The lowest BCUT2D eigenvalue weighted by Crippen LogP contribution is -2.46. The van der Waals surface area contributed by atoms with Crippen LogP contribution in [0.15, 0.2) is 30.5 Å². The minimum Gasteiger partial charge on any atom is -0.479 e. The molecule has 34 heavy (non-hydrogen) atoms. The van der Waals surface area contributed by atoms with Gasteiger partial charge in [0.25, 0.3) is 6.43 Å². The first-order valence-electron chi connectivity index (χ1n) is 11.1. The number of aromatic nitrogens is 5. The van der Waals surface area contributed by atoms with Crippen LogP contribution in [0.25, 0.3) is 27.7 Å². The monoisotopic (exact) mass is 473 g/mol. The summed E-state index contributed by atoms with van der Waals surface area (Å²) in [6.07, 6.45) is -1.10. The summed E-state index contributed by atoms with van der Waals surface area (Å²) in [6.45, 7) is 2.44. The molecule has 1 fully saturated rings. The number of anilines is 1. The number of alkyl halides is 3. The van der Waals surface area contributed by atoms with Gasteiger partial charge in [0, 0.05) is 24.8 Å². The summed E-state index contributed by atoms with van der Waals surface area (Å²) in [4.78, 5) is 10.8. The number of likely N-dealkylation sites (tertiary alicyclic amines) is 1. The molecule has 1 aromatic carbocycles. The molecule has 11 heteroatoms. The summed E-state index contributed by atoms with van der Waals surface area (Å²) in [6, 6.07) is 7.02. The molecule has 1 saturated heterocycles. The standard InChI is InChI=1S/C23H26F3N7O/c1-13-27-18-5-4-14(10-19(18)32(13)12-20(25)26)15-6-9-33-21(15)22(34-3)29-23(30-33)28-17-7-8-31(2)11-16(17)24/h4-6,9-10,16-17,20H,7-8,11-12H2,1-3H3,(H,28,30)/t16-,17+/m1/s1. The van der Waals surface area contributed by atoms with Crippen molar-refractivity contribution < 1.29 is 17.9 Å². The first kappa shape index (κ1) is 22.5. The van der Waals surface area contributed by atoms with Crippen molar-refractivity contribution in [3.05, 3.63) is 36.3 Å². The van der Waals surface area contributed by atoms with Gasteiger partial charge in [-0.3, -0.25) is 0 Å². The molecule has 0 unspecified atom stereocenters. The molecule has 4 heterocycles. The smallest absolute Gasteiger partial charge is 0.256 e. The van der Waals surface area contributed by atoms with Gasteiger partial charge in [0.1, 0.15) is 17.5 Å². The number of nitrogens with one attached hydrogen (secondary N) is 1. The van der Waals surface area contributed by atoms with Crippen LogP contribution >= 0.6 is 0 Å². The number of halogens is 3. The summed E-state index contributed by atoms with van der Waals surface area (Å²) in [5.74, 6) is 1.15. The second-order valence-corrected chi connectivity index (χ2v) is 8.65. The number of fused-ring (bicyclic) bond motifs is 2. The molecule has 1 N–H and O–H groups in total. The van der Waals surface area contributed by atoms with E-state index in [-0.39, 0.29) is 12.0 Å². The van der Waals surface area contributed by atoms with E-state index in [0.29, 0.717) is 41.2 Å². The molecule has 5 rings (SSSR count). The normalized spacial score (nSPS) is 19.4. The number of nitrogens with zero attached hydrogens (tertiary/aromatic N) is 6. The number of benzene rings is 1. The fourth-order valence-electron chi connectivity index (χ4n) is 4.59. The zero-order chi connectivity index (χ0) is 24.0. The predicted molar refractivity (Wildman–Crippen MR) is 123 cm³/mol. The quantitative estimate of drug-likeness (QED) is 0.460. The average Bonchev–Trinajstić information content (AvgIpc) is 3.35. The number of aryl methyl sites for hydroxylation is 1. The lowest BCUT2D eigenvalue weighted by atomic mass is 10.0. The van der Waals surface area contributed by atoms with Gasteiger partial charge >= 0.3 is 0 Å². The van der Waals surface area contributed by atoms with E-state index in [1.54, 1.807) is 17.6 Å². The Morgan fingerprint density at radius 3 is 2.79 bits per heavy atom. The second kappa shape index (κ2) is 8.79. The molecule has 0 spiro atoms. The third kappa shape index (κ3) is 4.04. The SMILES string of the molecule is COc1nc(N[C@H]2CCN(C)C[C@H]2F)nn2ccc(-c3ccc4nc(C)n(CC(F)F)c4c3)c12. The van der Waals surface area contributed by atoms with Crippen LogP contribution < -0.4 is 10.1 Å². The average molecular weight is 474 g/mol. The van der Waals surface area contributed by atoms with Crippen molar-refractivity contribution in [2.75, 3.05) is 32.6 Å². The molecule has 0 amide bonds. The zero-order valence-electron chi connectivity index (χ0n) is 19.2. The Bertz CT molecular complexity index is 1340. The number of hydrogen-bond donors (Lipinski definition) is 1. The van der Waals surface area contributed by atoms with E-state index < -0.39 is 19.1 Å². The van der Waals surface area contributed by atoms with Crippen LogP contribution in [-0.2, 0) is 6.54 Å². The number of ether oxygens (including phenoxy) is 1. The summed E-state index contributed by atoms with van der Waals surface area (Å²) >= 11 is 0. The summed E-state index contributed by atoms with van der Waals surface area (Å²) in [7, 11) is 3.41. The molecular weight excluding hydrogens is 447 g/mol. The third-order valence-electron chi connectivity index (χ3n) is 6.30. The molecule has 0 bridgehead atoms. The molecule has 4 aromatic rings. The van der Waals surface area contributed by atoms with Crippen molar-refractivity contribution in [1.29, 1.82) is 0 Å². The Hall–Kier alpha value is -3.34. The van der Waals surface area contributed by atoms with Gasteiger partial charge in [0.2, 0.25) is 11.8 Å². The van der Waals surface area contributed by atoms with Crippen LogP contribution in [0, 0.1) is 6.92 Å². The van der Waals surface area contributed by atoms with Crippen LogP contribution in [0.1, 0.15) is 12.2 Å². The van der Waals surface area contributed by atoms with E-state index in [2.05, 4.69) is 20.4 Å². The molecule has 8 nitrogen and oxygen atoms in total. The first-order chi connectivity index (χ1) is 16.3. The van der Waals surface area contributed by atoms with E-state index in [9.17, 15) is 13.2 Å². The molecule has 1 aliphatic heterocycles. The molecule has 1 aliphatic rings. The fourth-order valence-corrected chi connectivity index (χ4v) is 4.59. The second-order valence-electron chi connectivity index (χ2n) is 8.65. The third-order valence-corrected chi connectivity index (χ3v) is 6.30. The van der Waals surface area contributed by atoms with E-state index in [1.165, 1.54) is 11.7 Å². The Kier molecular flexibility index (Phi) is 5.80. The number of rotatable bonds is 6. The van der Waals surface area contributed by atoms with Gasteiger partial charge in [-0.2, -0.15) is 4.98 Å². The molecular formula is C23H26F3N7O. The number of imidazole rings is 1. The van der Waals surface area contributed by atoms with Gasteiger partial charge in [-0.1, -0.05) is 6.07 Å². The number of piperidine rings is 1. The number of hydrogen-bond acceptors (Lipinski definition) is 6. The molecule has 0 radical (unpaired) electrons.